The summed E-state index contributed by atoms with van der Waals surface area (Å²) < 4.78 is 25.6. The largest absolute Gasteiger partial charge is 0.393 e. The minimum absolute atomic E-state index is 0.0126. The monoisotopic (exact) mass is 636 g/mol. The Morgan fingerprint density at radius 1 is 0.844 bits per heavy atom. The Morgan fingerprint density at radius 2 is 1.53 bits per heavy atom. The fraction of sp³-hybridized carbons (Fsp3) is 1.00. The molecule has 10 heteroatoms. The van der Waals surface area contributed by atoms with Crippen molar-refractivity contribution in [3.05, 3.63) is 0 Å². The van der Waals surface area contributed by atoms with Crippen LogP contribution in [0.2, 0.25) is 0 Å². The number of fused-ring (bicyclic) bond motifs is 4. The zero-order chi connectivity index (χ0) is 32.5. The molecule has 3 heterocycles. The highest BCUT2D eigenvalue weighted by Crippen LogP contribution is 2.90. The lowest BCUT2D eigenvalue weighted by molar-refractivity contribution is -0.304. The summed E-state index contributed by atoms with van der Waals surface area (Å²) in [4.78, 5) is 0. The van der Waals surface area contributed by atoms with E-state index in [4.69, 9.17) is 18.9 Å². The van der Waals surface area contributed by atoms with Crippen LogP contribution >= 0.6 is 0 Å². The molecular formula is C35H56O10. The Kier molecular flexibility index (Phi) is 6.53. The van der Waals surface area contributed by atoms with E-state index in [0.29, 0.717) is 12.3 Å². The van der Waals surface area contributed by atoms with Crippen molar-refractivity contribution in [2.24, 2.45) is 50.7 Å². The Labute approximate surface area is 266 Å². The molecule has 0 amide bonds. The molecule has 3 saturated heterocycles. The van der Waals surface area contributed by atoms with Gasteiger partial charge in [0.15, 0.2) is 12.1 Å². The highest BCUT2D eigenvalue weighted by atomic mass is 16.8. The predicted molar refractivity (Wildman–Crippen MR) is 160 cm³/mol. The molecule has 0 aromatic heterocycles. The maximum absolute atomic E-state index is 12.7. The zero-order valence-electron chi connectivity index (χ0n) is 28.0. The van der Waals surface area contributed by atoms with Crippen LogP contribution in [0.15, 0.2) is 0 Å². The normalized spacial score (nSPS) is 62.7. The van der Waals surface area contributed by atoms with Crippen LogP contribution in [-0.4, -0.2) is 104 Å². The van der Waals surface area contributed by atoms with Crippen molar-refractivity contribution in [1.82, 2.24) is 0 Å². The molecule has 8 rings (SSSR count). The zero-order valence-corrected chi connectivity index (χ0v) is 28.0. The topological polar surface area (TPSA) is 158 Å². The summed E-state index contributed by atoms with van der Waals surface area (Å²) in [5.41, 5.74) is -2.78. The minimum atomic E-state index is -1.32. The van der Waals surface area contributed by atoms with E-state index in [0.717, 1.165) is 38.5 Å². The number of aliphatic hydroxyl groups is 6. The van der Waals surface area contributed by atoms with Crippen LogP contribution in [-0.2, 0) is 18.9 Å². The number of rotatable bonds is 3. The highest BCUT2D eigenvalue weighted by molar-refractivity contribution is 5.36. The second-order valence-electron chi connectivity index (χ2n) is 18.4. The summed E-state index contributed by atoms with van der Waals surface area (Å²) in [6.07, 6.45) is -1.40. The summed E-state index contributed by atoms with van der Waals surface area (Å²) in [5.74, 6) is -0.820. The van der Waals surface area contributed by atoms with E-state index < -0.39 is 65.1 Å². The number of hydrogen-bond acceptors (Lipinski definition) is 10. The second kappa shape index (κ2) is 9.23. The Morgan fingerprint density at radius 3 is 2.22 bits per heavy atom. The van der Waals surface area contributed by atoms with Crippen LogP contribution < -0.4 is 0 Å². The second-order valence-corrected chi connectivity index (χ2v) is 18.4. The van der Waals surface area contributed by atoms with Crippen molar-refractivity contribution < 1.29 is 49.6 Å². The molecule has 10 nitrogen and oxygen atoms in total. The first-order chi connectivity index (χ1) is 20.8. The molecule has 3 aliphatic heterocycles. The van der Waals surface area contributed by atoms with Gasteiger partial charge in [-0.05, 0) is 92.8 Å². The lowest BCUT2D eigenvalue weighted by Gasteiger charge is -2.65. The van der Waals surface area contributed by atoms with E-state index in [1.54, 1.807) is 13.8 Å². The smallest absolute Gasteiger partial charge is 0.199 e. The SMILES string of the molecule is C[C@@H]1C[C@H]2O[C@@]3(O[C@H]2C(C)(C)O)[C@H](O)[C@@]2(C)[C@@H]4CC[C@H]5C(C)(C)[C@@H](O[C@@H]6OC[C@H](O)[C@H](O)[C@H]6O)CC[C@@]56C[C@@]46C[C@@H](O)[C@]2(C)[C@@H]13. The van der Waals surface area contributed by atoms with E-state index in [2.05, 4.69) is 34.6 Å². The third kappa shape index (κ3) is 3.51. The third-order valence-electron chi connectivity index (χ3n) is 15.9. The Balaban J connectivity index is 1.12. The highest BCUT2D eigenvalue weighted by Gasteiger charge is 2.89. The van der Waals surface area contributed by atoms with E-state index in [9.17, 15) is 30.6 Å². The first-order valence-electron chi connectivity index (χ1n) is 17.6. The maximum atomic E-state index is 12.7. The van der Waals surface area contributed by atoms with Gasteiger partial charge in [-0.3, -0.25) is 0 Å². The van der Waals surface area contributed by atoms with Crippen molar-refractivity contribution in [1.29, 1.82) is 0 Å². The van der Waals surface area contributed by atoms with Crippen molar-refractivity contribution in [2.75, 3.05) is 6.61 Å². The molecule has 8 fully saturated rings. The summed E-state index contributed by atoms with van der Waals surface area (Å²) in [6.45, 7) is 14.5. The fourth-order valence-corrected chi connectivity index (χ4v) is 14.0. The van der Waals surface area contributed by atoms with Crippen LogP contribution in [0.1, 0.15) is 93.4 Å². The van der Waals surface area contributed by atoms with E-state index in [1.807, 2.05) is 0 Å². The average Bonchev–Trinajstić information content (AvgIpc) is 3.44. The van der Waals surface area contributed by atoms with Gasteiger partial charge in [0.2, 0.25) is 0 Å². The molecule has 45 heavy (non-hydrogen) atoms. The molecule has 256 valence electrons. The van der Waals surface area contributed by atoms with Gasteiger partial charge in [-0.15, -0.1) is 0 Å². The fourth-order valence-electron chi connectivity index (χ4n) is 14.0. The standard InChI is InChI=1S/C35H56O10/c1-16-12-18-26(30(4,5)41)45-35(44-18)25(16)32(7)21(37)13-34-15-33(34)11-10-22(43-27-24(39)23(38)17(36)14-42-27)29(2,3)19(33)8-9-20(34)31(32,6)28(35)40/h16-28,36-41H,8-15H2,1-7H3/t16-,17+,18-,19+,20+,21-,22+,23+,24-,25-,26-,27+,28-,31-,32-,33-,34+,35+/m1/s1. The third-order valence-corrected chi connectivity index (χ3v) is 15.9. The van der Waals surface area contributed by atoms with Gasteiger partial charge in [-0.1, -0.05) is 34.6 Å². The van der Waals surface area contributed by atoms with Crippen LogP contribution in [0.3, 0.4) is 0 Å². The average molecular weight is 637 g/mol. The number of aliphatic hydroxyl groups excluding tert-OH is 5. The molecule has 2 bridgehead atoms. The predicted octanol–water partition coefficient (Wildman–Crippen LogP) is 2.09. The van der Waals surface area contributed by atoms with Gasteiger partial charge in [-0.25, -0.2) is 0 Å². The molecule has 6 N–H and O–H groups in total. The quantitative estimate of drug-likeness (QED) is 0.254. The molecule has 0 radical (unpaired) electrons. The van der Waals surface area contributed by atoms with Gasteiger partial charge >= 0.3 is 0 Å². The van der Waals surface area contributed by atoms with Gasteiger partial charge < -0.3 is 49.6 Å². The lowest BCUT2D eigenvalue weighted by Crippen LogP contribution is -2.64. The van der Waals surface area contributed by atoms with E-state index in [-0.39, 0.29) is 52.8 Å². The number of ether oxygens (including phenoxy) is 4. The first kappa shape index (κ1) is 31.8. The van der Waals surface area contributed by atoms with Crippen molar-refractivity contribution >= 4 is 0 Å². The van der Waals surface area contributed by atoms with E-state index >= 15 is 0 Å². The van der Waals surface area contributed by atoms with Gasteiger partial charge in [0, 0.05) is 16.7 Å². The molecule has 8 aliphatic rings. The van der Waals surface area contributed by atoms with Gasteiger partial charge in [0.05, 0.1) is 30.5 Å². The van der Waals surface area contributed by atoms with Crippen LogP contribution in [0.25, 0.3) is 0 Å². The number of hydrogen-bond donors (Lipinski definition) is 6. The lowest BCUT2D eigenvalue weighted by atomic mass is 9.40. The van der Waals surface area contributed by atoms with Crippen LogP contribution in [0, 0.1) is 50.7 Å². The summed E-state index contributed by atoms with van der Waals surface area (Å²) in [5, 5.41) is 67.0. The van der Waals surface area contributed by atoms with Crippen molar-refractivity contribution in [2.45, 2.75) is 160 Å². The maximum Gasteiger partial charge on any atom is 0.199 e. The molecule has 5 saturated carbocycles. The van der Waals surface area contributed by atoms with Crippen molar-refractivity contribution in [3.8, 4) is 0 Å². The molecule has 18 atom stereocenters. The first-order valence-corrected chi connectivity index (χ1v) is 17.6. The minimum Gasteiger partial charge on any atom is -0.393 e. The molecule has 5 aliphatic carbocycles. The summed E-state index contributed by atoms with van der Waals surface area (Å²) in [7, 11) is 0. The van der Waals surface area contributed by atoms with Gasteiger partial charge in [0.25, 0.3) is 0 Å². The van der Waals surface area contributed by atoms with Gasteiger partial charge in [-0.2, -0.15) is 0 Å². The van der Waals surface area contributed by atoms with Gasteiger partial charge in [0.1, 0.15) is 30.5 Å². The summed E-state index contributed by atoms with van der Waals surface area (Å²) in [6, 6.07) is 0. The molecule has 0 aromatic rings. The van der Waals surface area contributed by atoms with E-state index in [1.165, 1.54) is 0 Å². The summed E-state index contributed by atoms with van der Waals surface area (Å²) >= 11 is 0. The van der Waals surface area contributed by atoms with Crippen molar-refractivity contribution in [3.63, 3.8) is 0 Å². The Hall–Kier alpha value is -0.400. The molecule has 3 spiro atoms. The molecular weight excluding hydrogens is 580 g/mol. The Bertz CT molecular complexity index is 1240. The van der Waals surface area contributed by atoms with Crippen LogP contribution in [0.4, 0.5) is 0 Å². The molecule has 0 unspecified atom stereocenters. The van der Waals surface area contributed by atoms with Crippen LogP contribution in [0.5, 0.6) is 0 Å². The molecule has 0 aromatic carbocycles.